The van der Waals surface area contributed by atoms with Crippen molar-refractivity contribution in [2.24, 2.45) is 0 Å². The summed E-state index contributed by atoms with van der Waals surface area (Å²) in [5.41, 5.74) is 0.636. The summed E-state index contributed by atoms with van der Waals surface area (Å²) in [4.78, 5) is 43.0. The molecule has 29 heavy (non-hydrogen) atoms. The zero-order valence-electron chi connectivity index (χ0n) is 16.9. The van der Waals surface area contributed by atoms with E-state index in [0.29, 0.717) is 19.4 Å². The van der Waals surface area contributed by atoms with Gasteiger partial charge < -0.3 is 10.2 Å². The lowest BCUT2D eigenvalue weighted by Gasteiger charge is -2.35. The van der Waals surface area contributed by atoms with Crippen molar-refractivity contribution in [1.29, 1.82) is 0 Å². The van der Waals surface area contributed by atoms with Crippen molar-refractivity contribution in [3.63, 3.8) is 0 Å². The van der Waals surface area contributed by atoms with Gasteiger partial charge in [0.25, 0.3) is 5.91 Å². The molecular weight excluding hydrogens is 368 g/mol. The van der Waals surface area contributed by atoms with Gasteiger partial charge in [0.2, 0.25) is 5.91 Å². The number of nitrogens with one attached hydrogen (secondary N) is 1. The number of hydrogen-bond donors (Lipinski definition) is 1. The lowest BCUT2D eigenvalue weighted by Crippen LogP contribution is -2.48. The van der Waals surface area contributed by atoms with E-state index in [1.54, 1.807) is 0 Å². The summed E-state index contributed by atoms with van der Waals surface area (Å²) in [5, 5.41) is 2.89. The molecule has 4 amide bonds. The molecule has 1 N–H and O–H groups in total. The molecule has 1 aromatic carbocycles. The van der Waals surface area contributed by atoms with Crippen molar-refractivity contribution in [1.82, 2.24) is 20.0 Å². The van der Waals surface area contributed by atoms with Gasteiger partial charge in [0, 0.05) is 45.7 Å². The first-order valence-corrected chi connectivity index (χ1v) is 10.8. The first-order valence-electron chi connectivity index (χ1n) is 10.8. The second kappa shape index (κ2) is 8.53. The molecule has 2 heterocycles. The van der Waals surface area contributed by atoms with Crippen LogP contribution in [0, 0.1) is 0 Å². The van der Waals surface area contributed by atoms with Crippen molar-refractivity contribution in [3.8, 4) is 0 Å². The number of rotatable bonds is 6. The van der Waals surface area contributed by atoms with Gasteiger partial charge in [-0.15, -0.1) is 0 Å². The number of amides is 4. The van der Waals surface area contributed by atoms with Crippen LogP contribution in [-0.2, 0) is 16.1 Å². The minimum atomic E-state index is -0.657. The molecule has 1 aliphatic carbocycles. The molecule has 2 saturated heterocycles. The molecule has 156 valence electrons. The van der Waals surface area contributed by atoms with Gasteiger partial charge in [0.15, 0.2) is 0 Å². The number of carbonyl (C=O) groups excluding carboxylic acids is 3. The molecule has 1 aromatic rings. The molecule has 0 aromatic heterocycles. The Balaban J connectivity index is 1.19. The lowest BCUT2D eigenvalue weighted by molar-refractivity contribution is -0.134. The van der Waals surface area contributed by atoms with E-state index < -0.39 is 5.54 Å². The van der Waals surface area contributed by atoms with Crippen LogP contribution in [0.4, 0.5) is 4.79 Å². The molecule has 7 heteroatoms. The van der Waals surface area contributed by atoms with E-state index in [4.69, 9.17) is 0 Å². The monoisotopic (exact) mass is 398 g/mol. The van der Waals surface area contributed by atoms with Crippen molar-refractivity contribution >= 4 is 17.8 Å². The molecular formula is C22H30N4O3. The van der Waals surface area contributed by atoms with Crippen molar-refractivity contribution in [2.75, 3.05) is 32.7 Å². The number of hydrogen-bond acceptors (Lipinski definition) is 4. The number of urea groups is 1. The van der Waals surface area contributed by atoms with Gasteiger partial charge in [-0.05, 0) is 24.8 Å². The summed E-state index contributed by atoms with van der Waals surface area (Å²) in [6, 6.07) is 10.1. The highest BCUT2D eigenvalue weighted by atomic mass is 16.2. The van der Waals surface area contributed by atoms with E-state index in [0.717, 1.165) is 58.4 Å². The summed E-state index contributed by atoms with van der Waals surface area (Å²) in [5.74, 6) is 0.0222. The van der Waals surface area contributed by atoms with Crippen LogP contribution in [0.25, 0.3) is 0 Å². The summed E-state index contributed by atoms with van der Waals surface area (Å²) in [6.07, 6.45) is 4.34. The molecule has 0 bridgehead atoms. The largest absolute Gasteiger partial charge is 0.340 e. The summed E-state index contributed by atoms with van der Waals surface area (Å²) in [6.45, 7) is 4.45. The molecule has 2 aliphatic heterocycles. The highest BCUT2D eigenvalue weighted by Gasteiger charge is 2.52. The standard InChI is InChI=1S/C22H30N4O3/c27-19(25-15-13-24(14-16-25)17-18-7-2-1-3-8-18)9-6-12-26-20(28)22(23-21(26)29)10-4-5-11-22/h1-3,7-8H,4-6,9-17H2,(H,23,29). The minimum Gasteiger partial charge on any atom is -0.340 e. The third kappa shape index (κ3) is 4.29. The summed E-state index contributed by atoms with van der Waals surface area (Å²) in [7, 11) is 0. The van der Waals surface area contributed by atoms with E-state index in [9.17, 15) is 14.4 Å². The van der Waals surface area contributed by atoms with Crippen LogP contribution < -0.4 is 5.32 Å². The van der Waals surface area contributed by atoms with Crippen LogP contribution in [0.5, 0.6) is 0 Å². The average Bonchev–Trinajstić information content (AvgIpc) is 3.29. The molecule has 0 atom stereocenters. The quantitative estimate of drug-likeness (QED) is 0.744. The van der Waals surface area contributed by atoms with Gasteiger partial charge in [-0.3, -0.25) is 19.4 Å². The van der Waals surface area contributed by atoms with E-state index in [2.05, 4.69) is 34.5 Å². The van der Waals surface area contributed by atoms with Crippen LogP contribution in [0.1, 0.15) is 44.1 Å². The van der Waals surface area contributed by atoms with Gasteiger partial charge in [-0.25, -0.2) is 4.79 Å². The number of carbonyl (C=O) groups is 3. The Morgan fingerprint density at radius 3 is 2.38 bits per heavy atom. The predicted molar refractivity (Wildman–Crippen MR) is 109 cm³/mol. The molecule has 1 saturated carbocycles. The van der Waals surface area contributed by atoms with Crippen LogP contribution in [0.3, 0.4) is 0 Å². The van der Waals surface area contributed by atoms with Gasteiger partial charge in [0.1, 0.15) is 5.54 Å². The predicted octanol–water partition coefficient (Wildman–Crippen LogP) is 1.98. The van der Waals surface area contributed by atoms with E-state index in [1.165, 1.54) is 10.5 Å². The maximum Gasteiger partial charge on any atom is 0.325 e. The molecule has 1 spiro atoms. The van der Waals surface area contributed by atoms with Gasteiger partial charge >= 0.3 is 6.03 Å². The third-order valence-electron chi connectivity index (χ3n) is 6.45. The Hall–Kier alpha value is -2.41. The number of imide groups is 1. The van der Waals surface area contributed by atoms with E-state index in [-0.39, 0.29) is 17.8 Å². The number of piperazine rings is 1. The normalized spacial score (nSPS) is 21.8. The smallest absolute Gasteiger partial charge is 0.325 e. The van der Waals surface area contributed by atoms with Crippen molar-refractivity contribution in [3.05, 3.63) is 35.9 Å². The highest BCUT2D eigenvalue weighted by molar-refractivity contribution is 6.07. The second-order valence-corrected chi connectivity index (χ2v) is 8.42. The van der Waals surface area contributed by atoms with Crippen molar-refractivity contribution in [2.45, 2.75) is 50.6 Å². The van der Waals surface area contributed by atoms with Crippen LogP contribution in [0.15, 0.2) is 30.3 Å². The second-order valence-electron chi connectivity index (χ2n) is 8.42. The summed E-state index contributed by atoms with van der Waals surface area (Å²) >= 11 is 0. The van der Waals surface area contributed by atoms with Crippen molar-refractivity contribution < 1.29 is 14.4 Å². The van der Waals surface area contributed by atoms with Crippen LogP contribution in [-0.4, -0.2) is 70.8 Å². The Morgan fingerprint density at radius 2 is 1.69 bits per heavy atom. The SMILES string of the molecule is O=C(CCCN1C(=O)NC2(CCCC2)C1=O)N1CCN(Cc2ccccc2)CC1. The van der Waals surface area contributed by atoms with Gasteiger partial charge in [-0.1, -0.05) is 43.2 Å². The zero-order valence-corrected chi connectivity index (χ0v) is 16.9. The molecule has 0 unspecified atom stereocenters. The first kappa shape index (κ1) is 19.9. The number of benzene rings is 1. The fraction of sp³-hybridized carbons (Fsp3) is 0.591. The van der Waals surface area contributed by atoms with Crippen LogP contribution in [0.2, 0.25) is 0 Å². The maximum atomic E-state index is 12.6. The first-order chi connectivity index (χ1) is 14.1. The fourth-order valence-electron chi connectivity index (χ4n) is 4.74. The molecule has 3 fully saturated rings. The molecule has 4 rings (SSSR count). The minimum absolute atomic E-state index is 0.0954. The topological polar surface area (TPSA) is 73.0 Å². The third-order valence-corrected chi connectivity index (χ3v) is 6.45. The molecule has 7 nitrogen and oxygen atoms in total. The Bertz CT molecular complexity index is 753. The highest BCUT2D eigenvalue weighted by Crippen LogP contribution is 2.35. The van der Waals surface area contributed by atoms with Crippen LogP contribution >= 0.6 is 0 Å². The summed E-state index contributed by atoms with van der Waals surface area (Å²) < 4.78 is 0. The van der Waals surface area contributed by atoms with E-state index >= 15 is 0 Å². The fourth-order valence-corrected chi connectivity index (χ4v) is 4.74. The molecule has 3 aliphatic rings. The Morgan fingerprint density at radius 1 is 1.00 bits per heavy atom. The average molecular weight is 399 g/mol. The van der Waals surface area contributed by atoms with E-state index in [1.807, 2.05) is 11.0 Å². The maximum absolute atomic E-state index is 12.6. The Kier molecular flexibility index (Phi) is 5.85. The number of nitrogens with zero attached hydrogens (tertiary/aromatic N) is 3. The van der Waals surface area contributed by atoms with Gasteiger partial charge in [-0.2, -0.15) is 0 Å². The lowest BCUT2D eigenvalue weighted by atomic mass is 9.98. The van der Waals surface area contributed by atoms with Gasteiger partial charge in [0.05, 0.1) is 0 Å². The molecule has 0 radical (unpaired) electrons. The Labute approximate surface area is 172 Å². The zero-order chi connectivity index (χ0) is 20.3.